The maximum atomic E-state index is 11.1. The summed E-state index contributed by atoms with van der Waals surface area (Å²) in [5.41, 5.74) is 6.74. The average molecular weight is 216 g/mol. The van der Waals surface area contributed by atoms with Crippen LogP contribution >= 0.6 is 0 Å². The van der Waals surface area contributed by atoms with Crippen molar-refractivity contribution in [3.63, 3.8) is 0 Å². The van der Waals surface area contributed by atoms with Crippen LogP contribution in [0.3, 0.4) is 0 Å². The Balaban J connectivity index is 2.23. The number of para-hydroxylation sites is 1. The van der Waals surface area contributed by atoms with Gasteiger partial charge in [-0.25, -0.2) is 0 Å². The van der Waals surface area contributed by atoms with Crippen molar-refractivity contribution in [2.45, 2.75) is 6.61 Å². The number of carbonyl (C=O) groups is 1. The Kier molecular flexibility index (Phi) is 1.73. The Labute approximate surface area is 90.8 Å². The van der Waals surface area contributed by atoms with Gasteiger partial charge in [-0.05, 0) is 12.1 Å². The van der Waals surface area contributed by atoms with Crippen LogP contribution in [0.15, 0.2) is 28.8 Å². The lowest BCUT2D eigenvalue weighted by Crippen LogP contribution is -2.15. The molecule has 0 fully saturated rings. The van der Waals surface area contributed by atoms with Gasteiger partial charge in [0.25, 0.3) is 5.91 Å². The maximum absolute atomic E-state index is 11.1. The summed E-state index contributed by atoms with van der Waals surface area (Å²) in [5.74, 6) is 0.686. The summed E-state index contributed by atoms with van der Waals surface area (Å²) in [6.07, 6.45) is 0. The van der Waals surface area contributed by atoms with Crippen molar-refractivity contribution in [1.29, 1.82) is 0 Å². The number of benzene rings is 1. The molecule has 0 saturated heterocycles. The maximum Gasteiger partial charge on any atom is 0.271 e. The molecular formula is C11H8N2O3. The zero-order valence-corrected chi connectivity index (χ0v) is 8.27. The van der Waals surface area contributed by atoms with Crippen LogP contribution in [0.5, 0.6) is 5.75 Å². The molecule has 0 atom stereocenters. The second-order valence-corrected chi connectivity index (χ2v) is 3.49. The van der Waals surface area contributed by atoms with Crippen LogP contribution in [0.1, 0.15) is 16.1 Å². The normalized spacial score (nSPS) is 12.5. The van der Waals surface area contributed by atoms with Crippen molar-refractivity contribution >= 4 is 5.91 Å². The minimum Gasteiger partial charge on any atom is -0.488 e. The smallest absolute Gasteiger partial charge is 0.271 e. The van der Waals surface area contributed by atoms with Gasteiger partial charge in [-0.2, -0.15) is 0 Å². The number of fused-ring (bicyclic) bond motifs is 3. The molecule has 1 aromatic heterocycles. The van der Waals surface area contributed by atoms with E-state index in [0.29, 0.717) is 11.3 Å². The molecule has 3 rings (SSSR count). The highest BCUT2D eigenvalue weighted by molar-refractivity contribution is 5.94. The van der Waals surface area contributed by atoms with Crippen molar-refractivity contribution < 1.29 is 14.1 Å². The molecular weight excluding hydrogens is 208 g/mol. The molecule has 2 N–H and O–H groups in total. The largest absolute Gasteiger partial charge is 0.488 e. The van der Waals surface area contributed by atoms with E-state index in [1.165, 1.54) is 0 Å². The first kappa shape index (κ1) is 8.96. The highest BCUT2D eigenvalue weighted by Crippen LogP contribution is 2.38. The number of hydrogen-bond donors (Lipinski definition) is 1. The van der Waals surface area contributed by atoms with Gasteiger partial charge >= 0.3 is 0 Å². The van der Waals surface area contributed by atoms with Crippen molar-refractivity contribution in [2.24, 2.45) is 5.73 Å². The van der Waals surface area contributed by atoms with E-state index in [1.54, 1.807) is 0 Å². The second-order valence-electron chi connectivity index (χ2n) is 3.49. The predicted molar refractivity (Wildman–Crippen MR) is 54.8 cm³/mol. The van der Waals surface area contributed by atoms with Crippen LogP contribution in [0.2, 0.25) is 0 Å². The van der Waals surface area contributed by atoms with E-state index in [0.717, 1.165) is 11.3 Å². The fourth-order valence-electron chi connectivity index (χ4n) is 1.78. The van der Waals surface area contributed by atoms with Crippen LogP contribution < -0.4 is 10.5 Å². The number of amides is 1. The molecule has 5 nitrogen and oxygen atoms in total. The van der Waals surface area contributed by atoms with Gasteiger partial charge in [0, 0.05) is 0 Å². The molecule has 0 unspecified atom stereocenters. The monoisotopic (exact) mass is 216 g/mol. The predicted octanol–water partition coefficient (Wildman–Crippen LogP) is 1.33. The molecule has 80 valence electrons. The summed E-state index contributed by atoms with van der Waals surface area (Å²) in [6, 6.07) is 7.42. The van der Waals surface area contributed by atoms with Crippen molar-refractivity contribution in [2.75, 3.05) is 0 Å². The number of carbonyl (C=O) groups excluding carboxylic acids is 1. The van der Waals surface area contributed by atoms with E-state index in [4.69, 9.17) is 15.0 Å². The lowest BCUT2D eigenvalue weighted by atomic mass is 10.0. The third-order valence-corrected chi connectivity index (χ3v) is 2.53. The summed E-state index contributed by atoms with van der Waals surface area (Å²) in [7, 11) is 0. The highest BCUT2D eigenvalue weighted by Gasteiger charge is 2.27. The SMILES string of the molecule is NC(=O)c1noc2c1COc1ccccc1-2. The summed E-state index contributed by atoms with van der Waals surface area (Å²) in [5, 5.41) is 3.67. The molecule has 0 saturated carbocycles. The number of nitrogens with zero attached hydrogens (tertiary/aromatic N) is 1. The first-order valence-corrected chi connectivity index (χ1v) is 4.78. The Hall–Kier alpha value is -2.30. The van der Waals surface area contributed by atoms with E-state index >= 15 is 0 Å². The van der Waals surface area contributed by atoms with E-state index in [-0.39, 0.29) is 12.3 Å². The summed E-state index contributed by atoms with van der Waals surface area (Å²) in [4.78, 5) is 11.1. The molecule has 5 heteroatoms. The molecule has 1 aliphatic heterocycles. The minimum absolute atomic E-state index is 0.143. The van der Waals surface area contributed by atoms with Gasteiger partial charge in [0.15, 0.2) is 11.5 Å². The lowest BCUT2D eigenvalue weighted by Gasteiger charge is -2.15. The third kappa shape index (κ3) is 1.11. The fraction of sp³-hybridized carbons (Fsp3) is 0.0909. The van der Waals surface area contributed by atoms with Crippen molar-refractivity contribution in [3.8, 4) is 17.1 Å². The van der Waals surface area contributed by atoms with Crippen LogP contribution in [0, 0.1) is 0 Å². The number of hydrogen-bond acceptors (Lipinski definition) is 4. The number of ether oxygens (including phenoxy) is 1. The van der Waals surface area contributed by atoms with Gasteiger partial charge in [-0.1, -0.05) is 17.3 Å². The van der Waals surface area contributed by atoms with Gasteiger partial charge in [0.05, 0.1) is 11.1 Å². The van der Waals surface area contributed by atoms with Gasteiger partial charge in [0.2, 0.25) is 0 Å². The van der Waals surface area contributed by atoms with E-state index in [1.807, 2.05) is 24.3 Å². The molecule has 2 aromatic rings. The van der Waals surface area contributed by atoms with Gasteiger partial charge < -0.3 is 15.0 Å². The number of aromatic nitrogens is 1. The zero-order chi connectivity index (χ0) is 11.1. The third-order valence-electron chi connectivity index (χ3n) is 2.53. The Morgan fingerprint density at radius 3 is 3.00 bits per heavy atom. The number of rotatable bonds is 1. The van der Waals surface area contributed by atoms with Crippen molar-refractivity contribution in [1.82, 2.24) is 5.16 Å². The lowest BCUT2D eigenvalue weighted by molar-refractivity contribution is 0.0989. The molecule has 16 heavy (non-hydrogen) atoms. The molecule has 0 bridgehead atoms. The Morgan fingerprint density at radius 2 is 2.19 bits per heavy atom. The first-order valence-electron chi connectivity index (χ1n) is 4.78. The minimum atomic E-state index is -0.604. The molecule has 0 spiro atoms. The van der Waals surface area contributed by atoms with Crippen LogP contribution in [-0.2, 0) is 6.61 Å². The molecule has 1 amide bonds. The van der Waals surface area contributed by atoms with E-state index in [9.17, 15) is 4.79 Å². The highest BCUT2D eigenvalue weighted by atomic mass is 16.5. The van der Waals surface area contributed by atoms with E-state index < -0.39 is 5.91 Å². The summed E-state index contributed by atoms with van der Waals surface area (Å²) < 4.78 is 10.6. The van der Waals surface area contributed by atoms with Crippen LogP contribution in [0.4, 0.5) is 0 Å². The molecule has 0 aliphatic carbocycles. The quantitative estimate of drug-likeness (QED) is 0.780. The zero-order valence-electron chi connectivity index (χ0n) is 8.27. The Bertz CT molecular complexity index is 574. The topological polar surface area (TPSA) is 78.4 Å². The van der Waals surface area contributed by atoms with Gasteiger partial charge in [0.1, 0.15) is 12.4 Å². The molecule has 2 heterocycles. The van der Waals surface area contributed by atoms with E-state index in [2.05, 4.69) is 5.16 Å². The van der Waals surface area contributed by atoms with Gasteiger partial charge in [-0.3, -0.25) is 4.79 Å². The molecule has 1 aromatic carbocycles. The standard InChI is InChI=1S/C11H8N2O3/c12-11(14)9-7-5-15-8-4-2-1-3-6(8)10(7)16-13-9/h1-4H,5H2,(H2,12,14). The van der Waals surface area contributed by atoms with Crippen molar-refractivity contribution in [3.05, 3.63) is 35.5 Å². The number of primary amides is 1. The van der Waals surface area contributed by atoms with Crippen LogP contribution in [-0.4, -0.2) is 11.1 Å². The summed E-state index contributed by atoms with van der Waals surface area (Å²) in [6.45, 7) is 0.258. The number of nitrogens with two attached hydrogens (primary N) is 1. The van der Waals surface area contributed by atoms with Gasteiger partial charge in [-0.15, -0.1) is 0 Å². The first-order chi connectivity index (χ1) is 7.77. The molecule has 0 radical (unpaired) electrons. The summed E-state index contributed by atoms with van der Waals surface area (Å²) >= 11 is 0. The average Bonchev–Trinajstić information content (AvgIpc) is 2.73. The molecule has 1 aliphatic rings. The van der Waals surface area contributed by atoms with Crippen LogP contribution in [0.25, 0.3) is 11.3 Å². The Morgan fingerprint density at radius 1 is 1.38 bits per heavy atom. The second kappa shape index (κ2) is 3.10. The fourth-order valence-corrected chi connectivity index (χ4v) is 1.78.